The van der Waals surface area contributed by atoms with Crippen molar-refractivity contribution in [2.24, 2.45) is 0 Å². The fourth-order valence-corrected chi connectivity index (χ4v) is 3.67. The van der Waals surface area contributed by atoms with Crippen molar-refractivity contribution in [3.05, 3.63) is 60.2 Å². The number of nitrogens with zero attached hydrogens (tertiary/aromatic N) is 1. The zero-order chi connectivity index (χ0) is 18.6. The van der Waals surface area contributed by atoms with Crippen molar-refractivity contribution in [3.8, 4) is 0 Å². The molecular formula is C17H18F2N2O3S. The summed E-state index contributed by atoms with van der Waals surface area (Å²) in [6, 6.07) is 10.1. The lowest BCUT2D eigenvalue weighted by molar-refractivity contribution is -0.117. The van der Waals surface area contributed by atoms with E-state index in [4.69, 9.17) is 0 Å². The molecule has 0 aliphatic heterocycles. The second kappa shape index (κ2) is 7.60. The fourth-order valence-electron chi connectivity index (χ4n) is 2.46. The van der Waals surface area contributed by atoms with Crippen LogP contribution in [0.3, 0.4) is 0 Å². The van der Waals surface area contributed by atoms with Gasteiger partial charge in [-0.05, 0) is 30.7 Å². The average Bonchev–Trinajstić information content (AvgIpc) is 2.55. The number of carbonyl (C=O) groups is 1. The van der Waals surface area contributed by atoms with Gasteiger partial charge in [0.15, 0.2) is 0 Å². The Balaban J connectivity index is 2.40. The van der Waals surface area contributed by atoms with Crippen molar-refractivity contribution in [2.45, 2.75) is 19.4 Å². The zero-order valence-electron chi connectivity index (χ0n) is 13.7. The lowest BCUT2D eigenvalue weighted by atomic mass is 10.1. The normalized spacial score (nSPS) is 12.5. The lowest BCUT2D eigenvalue weighted by Crippen LogP contribution is -2.47. The topological polar surface area (TPSA) is 66.5 Å². The van der Waals surface area contributed by atoms with Gasteiger partial charge in [-0.1, -0.05) is 31.2 Å². The van der Waals surface area contributed by atoms with Crippen LogP contribution in [0.2, 0.25) is 0 Å². The summed E-state index contributed by atoms with van der Waals surface area (Å²) in [7, 11) is -3.80. The van der Waals surface area contributed by atoms with Crippen LogP contribution in [0, 0.1) is 11.6 Å². The predicted octanol–water partition coefficient (Wildman–Crippen LogP) is 3.15. The van der Waals surface area contributed by atoms with Gasteiger partial charge in [0, 0.05) is 0 Å². The minimum absolute atomic E-state index is 0.115. The summed E-state index contributed by atoms with van der Waals surface area (Å²) >= 11 is 0. The average molecular weight is 368 g/mol. The summed E-state index contributed by atoms with van der Waals surface area (Å²) in [4.78, 5) is 12.6. The van der Waals surface area contributed by atoms with Crippen LogP contribution in [0.5, 0.6) is 0 Å². The minimum Gasteiger partial charge on any atom is -0.319 e. The molecule has 1 amide bonds. The maximum atomic E-state index is 13.7. The van der Waals surface area contributed by atoms with Crippen LogP contribution in [-0.2, 0) is 14.8 Å². The predicted molar refractivity (Wildman–Crippen MR) is 92.8 cm³/mol. The molecule has 0 radical (unpaired) electrons. The van der Waals surface area contributed by atoms with E-state index in [1.54, 1.807) is 37.3 Å². The summed E-state index contributed by atoms with van der Waals surface area (Å²) in [6.45, 7) is 1.61. The molecule has 2 aromatic rings. The molecule has 25 heavy (non-hydrogen) atoms. The van der Waals surface area contributed by atoms with Gasteiger partial charge in [0.05, 0.1) is 11.9 Å². The molecule has 5 nitrogen and oxygen atoms in total. The third kappa shape index (κ3) is 4.33. The number of benzene rings is 2. The van der Waals surface area contributed by atoms with Crippen molar-refractivity contribution in [3.63, 3.8) is 0 Å². The molecule has 134 valence electrons. The fraction of sp³-hybridized carbons (Fsp3) is 0.235. The van der Waals surface area contributed by atoms with Crippen molar-refractivity contribution < 1.29 is 22.0 Å². The second-order valence-electron chi connectivity index (χ2n) is 5.40. The molecule has 0 fully saturated rings. The Hall–Kier alpha value is -2.48. The summed E-state index contributed by atoms with van der Waals surface area (Å²) in [5.41, 5.74) is -0.312. The van der Waals surface area contributed by atoms with Crippen LogP contribution in [-0.4, -0.2) is 26.6 Å². The molecule has 0 spiro atoms. The first-order valence-electron chi connectivity index (χ1n) is 7.55. The van der Waals surface area contributed by atoms with Crippen LogP contribution in [0.15, 0.2) is 48.5 Å². The highest BCUT2D eigenvalue weighted by molar-refractivity contribution is 7.92. The van der Waals surface area contributed by atoms with E-state index >= 15 is 0 Å². The van der Waals surface area contributed by atoms with Crippen LogP contribution < -0.4 is 9.62 Å². The monoisotopic (exact) mass is 368 g/mol. The molecule has 0 bridgehead atoms. The van der Waals surface area contributed by atoms with E-state index in [1.165, 1.54) is 6.07 Å². The summed E-state index contributed by atoms with van der Waals surface area (Å²) in [5.74, 6) is -2.69. The third-order valence-electron chi connectivity index (χ3n) is 3.55. The number of nitrogens with one attached hydrogen (secondary N) is 1. The zero-order valence-corrected chi connectivity index (χ0v) is 14.6. The Morgan fingerprint density at radius 1 is 1.08 bits per heavy atom. The van der Waals surface area contributed by atoms with Crippen LogP contribution in [0.1, 0.15) is 13.3 Å². The molecule has 1 N–H and O–H groups in total. The lowest BCUT2D eigenvalue weighted by Gasteiger charge is -2.30. The molecule has 0 saturated heterocycles. The van der Waals surface area contributed by atoms with Gasteiger partial charge in [0.1, 0.15) is 23.4 Å². The molecule has 1 atom stereocenters. The van der Waals surface area contributed by atoms with Gasteiger partial charge in [-0.3, -0.25) is 9.10 Å². The van der Waals surface area contributed by atoms with E-state index in [1.807, 2.05) is 0 Å². The first kappa shape index (κ1) is 18.9. The number of sulfonamides is 1. The summed E-state index contributed by atoms with van der Waals surface area (Å²) in [5, 5.41) is 2.16. The van der Waals surface area contributed by atoms with Crippen molar-refractivity contribution in [1.29, 1.82) is 0 Å². The Morgan fingerprint density at radius 3 is 2.12 bits per heavy atom. The molecule has 0 unspecified atom stereocenters. The smallest absolute Gasteiger partial charge is 0.248 e. The largest absolute Gasteiger partial charge is 0.319 e. The molecule has 0 heterocycles. The maximum Gasteiger partial charge on any atom is 0.248 e. The molecular weight excluding hydrogens is 350 g/mol. The number of hydrogen-bond donors (Lipinski definition) is 1. The Bertz CT molecular complexity index is 837. The Morgan fingerprint density at radius 2 is 1.64 bits per heavy atom. The highest BCUT2D eigenvalue weighted by Crippen LogP contribution is 2.24. The van der Waals surface area contributed by atoms with E-state index < -0.39 is 39.3 Å². The van der Waals surface area contributed by atoms with E-state index in [2.05, 4.69) is 5.32 Å². The number of amides is 1. The van der Waals surface area contributed by atoms with Crippen LogP contribution >= 0.6 is 0 Å². The molecule has 0 aliphatic rings. The van der Waals surface area contributed by atoms with E-state index in [0.717, 1.165) is 22.7 Å². The molecule has 2 rings (SSSR count). The standard InChI is InChI=1S/C17H18F2N2O3S/c1-3-15(17(22)20-16-13(18)10-7-11-14(16)19)21(25(2,23)24)12-8-5-4-6-9-12/h4-11,15H,3H2,1-2H3,(H,20,22)/t15-/m0/s1. The van der Waals surface area contributed by atoms with E-state index in [9.17, 15) is 22.0 Å². The highest BCUT2D eigenvalue weighted by Gasteiger charge is 2.32. The Kier molecular flexibility index (Phi) is 5.73. The second-order valence-corrected chi connectivity index (χ2v) is 7.26. The minimum atomic E-state index is -3.80. The molecule has 0 aromatic heterocycles. The van der Waals surface area contributed by atoms with Crippen molar-refractivity contribution in [1.82, 2.24) is 0 Å². The third-order valence-corrected chi connectivity index (χ3v) is 4.73. The number of carbonyl (C=O) groups excluding carboxylic acids is 1. The first-order valence-corrected chi connectivity index (χ1v) is 9.40. The van der Waals surface area contributed by atoms with Crippen molar-refractivity contribution in [2.75, 3.05) is 15.9 Å². The molecule has 2 aromatic carbocycles. The van der Waals surface area contributed by atoms with Gasteiger partial charge in [-0.25, -0.2) is 17.2 Å². The Labute approximate surface area is 145 Å². The van der Waals surface area contributed by atoms with Gasteiger partial charge in [-0.2, -0.15) is 0 Å². The number of halogens is 2. The van der Waals surface area contributed by atoms with Crippen LogP contribution in [0.4, 0.5) is 20.2 Å². The highest BCUT2D eigenvalue weighted by atomic mass is 32.2. The van der Waals surface area contributed by atoms with Crippen molar-refractivity contribution >= 4 is 27.3 Å². The molecule has 8 heteroatoms. The van der Waals surface area contributed by atoms with Gasteiger partial charge in [0.25, 0.3) is 0 Å². The van der Waals surface area contributed by atoms with Gasteiger partial charge < -0.3 is 5.32 Å². The number of rotatable bonds is 6. The number of hydrogen-bond acceptors (Lipinski definition) is 3. The quantitative estimate of drug-likeness (QED) is 0.852. The summed E-state index contributed by atoms with van der Waals surface area (Å²) in [6.07, 6.45) is 1.09. The van der Waals surface area contributed by atoms with E-state index in [0.29, 0.717) is 5.69 Å². The molecule has 0 aliphatic carbocycles. The van der Waals surface area contributed by atoms with Gasteiger partial charge in [0.2, 0.25) is 15.9 Å². The SMILES string of the molecule is CC[C@@H](C(=O)Nc1c(F)cccc1F)N(c1ccccc1)S(C)(=O)=O. The molecule has 0 saturated carbocycles. The first-order chi connectivity index (χ1) is 11.8. The van der Waals surface area contributed by atoms with Crippen LogP contribution in [0.25, 0.3) is 0 Å². The number of anilines is 2. The number of para-hydroxylation sites is 2. The van der Waals surface area contributed by atoms with Gasteiger partial charge >= 0.3 is 0 Å². The summed E-state index contributed by atoms with van der Waals surface area (Å²) < 4.78 is 52.9. The van der Waals surface area contributed by atoms with Gasteiger partial charge in [-0.15, -0.1) is 0 Å². The maximum absolute atomic E-state index is 13.7. The van der Waals surface area contributed by atoms with E-state index in [-0.39, 0.29) is 6.42 Å².